The Balaban J connectivity index is 1.62. The monoisotopic (exact) mass is 302 g/mol. The average Bonchev–Trinajstić information content (AvgIpc) is 3.28. The van der Waals surface area contributed by atoms with Crippen LogP contribution in [-0.4, -0.2) is 24.9 Å². The quantitative estimate of drug-likeness (QED) is 0.773. The molecule has 0 saturated heterocycles. The van der Waals surface area contributed by atoms with Gasteiger partial charge >= 0.3 is 0 Å². The zero-order valence-corrected chi connectivity index (χ0v) is 13.5. The van der Waals surface area contributed by atoms with Crippen LogP contribution >= 0.6 is 0 Å². The zero-order valence-electron chi connectivity index (χ0n) is 13.5. The summed E-state index contributed by atoms with van der Waals surface area (Å²) in [5.74, 6) is 0.374. The van der Waals surface area contributed by atoms with Gasteiger partial charge in [0.15, 0.2) is 0 Å². The van der Waals surface area contributed by atoms with E-state index in [9.17, 15) is 9.59 Å². The van der Waals surface area contributed by atoms with Crippen LogP contribution in [0.5, 0.6) is 0 Å². The molecule has 4 nitrogen and oxygen atoms in total. The maximum absolute atomic E-state index is 12.0. The zero-order chi connectivity index (χ0) is 15.9. The number of hydrogen-bond acceptors (Lipinski definition) is 2. The van der Waals surface area contributed by atoms with E-state index in [0.717, 1.165) is 12.8 Å². The maximum Gasteiger partial charge on any atom is 0.223 e. The van der Waals surface area contributed by atoms with Gasteiger partial charge in [0, 0.05) is 13.1 Å². The molecule has 0 heterocycles. The lowest BCUT2D eigenvalue weighted by Crippen LogP contribution is -2.31. The van der Waals surface area contributed by atoms with E-state index in [1.165, 1.54) is 5.56 Å². The highest BCUT2D eigenvalue weighted by atomic mass is 16.2. The molecule has 1 aromatic rings. The van der Waals surface area contributed by atoms with E-state index in [2.05, 4.69) is 24.5 Å². The lowest BCUT2D eigenvalue weighted by Gasteiger charge is -2.07. The Kier molecular flexibility index (Phi) is 5.99. The van der Waals surface area contributed by atoms with Crippen LogP contribution in [0.1, 0.15) is 32.3 Å². The van der Waals surface area contributed by atoms with Gasteiger partial charge in [0.05, 0.1) is 11.8 Å². The normalized spacial score (nSPS) is 19.8. The molecule has 2 unspecified atom stereocenters. The first-order valence-corrected chi connectivity index (χ1v) is 8.17. The standard InChI is InChI=1S/C18H26N2O2/c1-13(2)8-10-19-17(21)15-12-16(15)18(22)20-11-9-14-6-4-3-5-7-14/h3-7,13,15-16H,8-12H2,1-2H3,(H,19,21)(H,20,22). The summed E-state index contributed by atoms with van der Waals surface area (Å²) in [7, 11) is 0. The van der Waals surface area contributed by atoms with Gasteiger partial charge in [-0.1, -0.05) is 44.2 Å². The van der Waals surface area contributed by atoms with Crippen molar-refractivity contribution in [1.29, 1.82) is 0 Å². The third kappa shape index (κ3) is 5.17. The smallest absolute Gasteiger partial charge is 0.223 e. The van der Waals surface area contributed by atoms with Crippen LogP contribution in [0, 0.1) is 17.8 Å². The Morgan fingerprint density at radius 2 is 1.64 bits per heavy atom. The Labute approximate surface area is 132 Å². The number of amides is 2. The Morgan fingerprint density at radius 3 is 2.23 bits per heavy atom. The van der Waals surface area contributed by atoms with Crippen LogP contribution in [0.25, 0.3) is 0 Å². The lowest BCUT2D eigenvalue weighted by molar-refractivity contribution is -0.127. The molecule has 0 bridgehead atoms. The second-order valence-electron chi connectivity index (χ2n) is 6.45. The van der Waals surface area contributed by atoms with Gasteiger partial charge in [-0.05, 0) is 30.7 Å². The molecular weight excluding hydrogens is 276 g/mol. The summed E-state index contributed by atoms with van der Waals surface area (Å²) in [4.78, 5) is 23.9. The fraction of sp³-hybridized carbons (Fsp3) is 0.556. The van der Waals surface area contributed by atoms with Gasteiger partial charge in [0.2, 0.25) is 11.8 Å². The number of nitrogens with one attached hydrogen (secondary N) is 2. The highest BCUT2D eigenvalue weighted by molar-refractivity contribution is 5.92. The van der Waals surface area contributed by atoms with Crippen molar-refractivity contribution in [3.05, 3.63) is 35.9 Å². The van der Waals surface area contributed by atoms with Crippen LogP contribution in [-0.2, 0) is 16.0 Å². The van der Waals surface area contributed by atoms with Gasteiger partial charge in [-0.2, -0.15) is 0 Å². The SMILES string of the molecule is CC(C)CCNC(=O)C1CC1C(=O)NCCc1ccccc1. The van der Waals surface area contributed by atoms with Crippen LogP contribution in [0.15, 0.2) is 30.3 Å². The van der Waals surface area contributed by atoms with Gasteiger partial charge < -0.3 is 10.6 Å². The van der Waals surface area contributed by atoms with Gasteiger partial charge in [0.1, 0.15) is 0 Å². The number of carbonyl (C=O) groups excluding carboxylic acids is 2. The van der Waals surface area contributed by atoms with Crippen LogP contribution < -0.4 is 10.6 Å². The molecule has 0 aliphatic heterocycles. The number of carbonyl (C=O) groups is 2. The van der Waals surface area contributed by atoms with E-state index in [4.69, 9.17) is 0 Å². The molecule has 1 aliphatic rings. The molecule has 1 aliphatic carbocycles. The molecule has 0 spiro atoms. The van der Waals surface area contributed by atoms with E-state index in [1.54, 1.807) is 0 Å². The van der Waals surface area contributed by atoms with Crippen molar-refractivity contribution in [2.24, 2.45) is 17.8 Å². The van der Waals surface area contributed by atoms with Crippen LogP contribution in [0.4, 0.5) is 0 Å². The first kappa shape index (κ1) is 16.5. The van der Waals surface area contributed by atoms with Crippen molar-refractivity contribution in [3.8, 4) is 0 Å². The summed E-state index contributed by atoms with van der Waals surface area (Å²) >= 11 is 0. The van der Waals surface area contributed by atoms with Crippen LogP contribution in [0.2, 0.25) is 0 Å². The minimum Gasteiger partial charge on any atom is -0.356 e. The van der Waals surface area contributed by atoms with Crippen molar-refractivity contribution in [3.63, 3.8) is 0 Å². The van der Waals surface area contributed by atoms with E-state index in [1.807, 2.05) is 30.3 Å². The third-order valence-electron chi connectivity index (χ3n) is 4.04. The predicted octanol–water partition coefficient (Wildman–Crippen LogP) is 2.14. The molecule has 2 N–H and O–H groups in total. The van der Waals surface area contributed by atoms with Crippen LogP contribution in [0.3, 0.4) is 0 Å². The van der Waals surface area contributed by atoms with Crippen molar-refractivity contribution in [2.75, 3.05) is 13.1 Å². The van der Waals surface area contributed by atoms with Crippen molar-refractivity contribution >= 4 is 11.8 Å². The Morgan fingerprint density at radius 1 is 1.05 bits per heavy atom. The Hall–Kier alpha value is -1.84. The minimum absolute atomic E-state index is 0.0138. The summed E-state index contributed by atoms with van der Waals surface area (Å²) in [5.41, 5.74) is 1.21. The van der Waals surface area contributed by atoms with E-state index < -0.39 is 0 Å². The van der Waals surface area contributed by atoms with Gasteiger partial charge in [-0.15, -0.1) is 0 Å². The van der Waals surface area contributed by atoms with Crippen molar-refractivity contribution < 1.29 is 9.59 Å². The van der Waals surface area contributed by atoms with E-state index in [0.29, 0.717) is 25.4 Å². The minimum atomic E-state index is -0.130. The number of rotatable bonds is 8. The number of hydrogen-bond donors (Lipinski definition) is 2. The molecule has 4 heteroatoms. The summed E-state index contributed by atoms with van der Waals surface area (Å²) < 4.78 is 0. The first-order valence-electron chi connectivity index (χ1n) is 8.17. The first-order chi connectivity index (χ1) is 10.6. The fourth-order valence-corrected chi connectivity index (χ4v) is 2.50. The lowest BCUT2D eigenvalue weighted by atomic mass is 10.1. The van der Waals surface area contributed by atoms with Gasteiger partial charge in [0.25, 0.3) is 0 Å². The molecule has 1 aromatic carbocycles. The fourth-order valence-electron chi connectivity index (χ4n) is 2.50. The second kappa shape index (κ2) is 7.97. The Bertz CT molecular complexity index is 499. The molecule has 0 aromatic heterocycles. The summed E-state index contributed by atoms with van der Waals surface area (Å²) in [5, 5.41) is 5.86. The average molecular weight is 302 g/mol. The molecule has 2 rings (SSSR count). The van der Waals surface area contributed by atoms with Gasteiger partial charge in [-0.3, -0.25) is 9.59 Å². The molecule has 2 amide bonds. The molecule has 0 radical (unpaired) electrons. The van der Waals surface area contributed by atoms with Gasteiger partial charge in [-0.25, -0.2) is 0 Å². The molecule has 2 atom stereocenters. The maximum atomic E-state index is 12.0. The molecular formula is C18H26N2O2. The second-order valence-corrected chi connectivity index (χ2v) is 6.45. The highest BCUT2D eigenvalue weighted by Crippen LogP contribution is 2.38. The summed E-state index contributed by atoms with van der Waals surface area (Å²) in [6, 6.07) is 10.1. The molecule has 120 valence electrons. The molecule has 1 fully saturated rings. The largest absolute Gasteiger partial charge is 0.356 e. The van der Waals surface area contributed by atoms with E-state index in [-0.39, 0.29) is 23.7 Å². The highest BCUT2D eigenvalue weighted by Gasteiger charge is 2.47. The van der Waals surface area contributed by atoms with Crippen molar-refractivity contribution in [2.45, 2.75) is 33.1 Å². The van der Waals surface area contributed by atoms with Crippen molar-refractivity contribution in [1.82, 2.24) is 10.6 Å². The third-order valence-corrected chi connectivity index (χ3v) is 4.04. The molecule has 22 heavy (non-hydrogen) atoms. The summed E-state index contributed by atoms with van der Waals surface area (Å²) in [6.07, 6.45) is 2.49. The summed E-state index contributed by atoms with van der Waals surface area (Å²) in [6.45, 7) is 5.59. The number of benzene rings is 1. The predicted molar refractivity (Wildman–Crippen MR) is 87.2 cm³/mol. The van der Waals surface area contributed by atoms with E-state index >= 15 is 0 Å². The molecule has 1 saturated carbocycles. The topological polar surface area (TPSA) is 58.2 Å².